The molecule has 0 saturated carbocycles. The first kappa shape index (κ1) is 11.4. The van der Waals surface area contributed by atoms with Crippen molar-refractivity contribution in [1.82, 2.24) is 10.3 Å². The van der Waals surface area contributed by atoms with Crippen LogP contribution in [0.4, 0.5) is 5.69 Å². The number of hydrogen-bond donors (Lipinski definition) is 1. The van der Waals surface area contributed by atoms with Crippen LogP contribution < -0.4 is 10.2 Å². The summed E-state index contributed by atoms with van der Waals surface area (Å²) in [5, 5.41) is 3.58. The maximum Gasteiger partial charge on any atom is 0.0583 e. The van der Waals surface area contributed by atoms with Gasteiger partial charge in [-0.25, -0.2) is 0 Å². The Balaban J connectivity index is 2.13. The molecule has 1 N–H and O–H groups in total. The summed E-state index contributed by atoms with van der Waals surface area (Å²) in [6, 6.07) is 2.68. The lowest BCUT2D eigenvalue weighted by Crippen LogP contribution is -2.53. The van der Waals surface area contributed by atoms with E-state index in [1.807, 2.05) is 12.4 Å². The molecule has 1 fully saturated rings. The van der Waals surface area contributed by atoms with Gasteiger partial charge in [0.15, 0.2) is 0 Å². The average molecular weight is 219 g/mol. The number of anilines is 1. The quantitative estimate of drug-likeness (QED) is 0.822. The highest BCUT2D eigenvalue weighted by Gasteiger charge is 2.22. The van der Waals surface area contributed by atoms with E-state index in [1.54, 1.807) is 0 Å². The third-order valence-corrected chi connectivity index (χ3v) is 3.36. The molecular formula is C13H21N3. The van der Waals surface area contributed by atoms with Crippen LogP contribution >= 0.6 is 0 Å². The van der Waals surface area contributed by atoms with Crippen molar-refractivity contribution in [2.45, 2.75) is 26.8 Å². The maximum atomic E-state index is 4.23. The molecule has 1 unspecified atom stereocenters. The Kier molecular flexibility index (Phi) is 3.44. The van der Waals surface area contributed by atoms with Gasteiger partial charge in [-0.15, -0.1) is 0 Å². The highest BCUT2D eigenvalue weighted by Crippen LogP contribution is 2.20. The molecular weight excluding hydrogens is 198 g/mol. The predicted molar refractivity (Wildman–Crippen MR) is 67.8 cm³/mol. The Hall–Kier alpha value is -1.09. The second-order valence-electron chi connectivity index (χ2n) is 4.91. The lowest BCUT2D eigenvalue weighted by molar-refractivity contribution is 0.368. The summed E-state index contributed by atoms with van der Waals surface area (Å²) in [6.07, 6.45) is 3.85. The predicted octanol–water partition coefficient (Wildman–Crippen LogP) is 1.82. The lowest BCUT2D eigenvalue weighted by Gasteiger charge is -2.37. The van der Waals surface area contributed by atoms with Gasteiger partial charge in [-0.3, -0.25) is 4.98 Å². The van der Waals surface area contributed by atoms with E-state index in [0.717, 1.165) is 19.6 Å². The SMILES string of the molecule is Cc1ccncc1N1CCNC(C(C)C)C1. The van der Waals surface area contributed by atoms with E-state index in [2.05, 4.69) is 42.0 Å². The zero-order chi connectivity index (χ0) is 11.5. The first-order valence-electron chi connectivity index (χ1n) is 6.07. The van der Waals surface area contributed by atoms with E-state index in [1.165, 1.54) is 11.3 Å². The minimum Gasteiger partial charge on any atom is -0.367 e. The van der Waals surface area contributed by atoms with Crippen LogP contribution in [-0.4, -0.2) is 30.7 Å². The number of aromatic nitrogens is 1. The minimum absolute atomic E-state index is 0.591. The highest BCUT2D eigenvalue weighted by atomic mass is 15.2. The molecule has 1 aliphatic rings. The Bertz CT molecular complexity index is 349. The fourth-order valence-electron chi connectivity index (χ4n) is 2.23. The van der Waals surface area contributed by atoms with Crippen LogP contribution in [-0.2, 0) is 0 Å². The number of hydrogen-bond acceptors (Lipinski definition) is 3. The molecule has 1 aromatic heterocycles. The number of rotatable bonds is 2. The summed E-state index contributed by atoms with van der Waals surface area (Å²) in [6.45, 7) is 9.94. The number of pyridine rings is 1. The summed E-state index contributed by atoms with van der Waals surface area (Å²) in [7, 11) is 0. The van der Waals surface area contributed by atoms with Crippen molar-refractivity contribution in [2.24, 2.45) is 5.92 Å². The molecule has 1 aromatic rings. The standard InChI is InChI=1S/C13H21N3/c1-10(2)12-9-16(7-6-15-12)13-8-14-5-4-11(13)3/h4-5,8,10,12,15H,6-7,9H2,1-3H3. The molecule has 1 atom stereocenters. The van der Waals surface area contributed by atoms with E-state index in [9.17, 15) is 0 Å². The van der Waals surface area contributed by atoms with Gasteiger partial charge in [0, 0.05) is 31.9 Å². The summed E-state index contributed by atoms with van der Waals surface area (Å²) in [5.74, 6) is 0.680. The summed E-state index contributed by atoms with van der Waals surface area (Å²) < 4.78 is 0. The molecule has 3 nitrogen and oxygen atoms in total. The third kappa shape index (κ3) is 2.35. The van der Waals surface area contributed by atoms with Crippen LogP contribution in [0.2, 0.25) is 0 Å². The Morgan fingerprint density at radius 1 is 1.50 bits per heavy atom. The number of piperazine rings is 1. The zero-order valence-corrected chi connectivity index (χ0v) is 10.4. The number of aryl methyl sites for hydroxylation is 1. The van der Waals surface area contributed by atoms with Gasteiger partial charge in [0.1, 0.15) is 0 Å². The average Bonchev–Trinajstić information content (AvgIpc) is 2.30. The molecule has 1 aliphatic heterocycles. The summed E-state index contributed by atoms with van der Waals surface area (Å²) in [4.78, 5) is 6.68. The smallest absolute Gasteiger partial charge is 0.0583 e. The molecule has 0 bridgehead atoms. The first-order chi connectivity index (χ1) is 7.68. The van der Waals surface area contributed by atoms with Gasteiger partial charge in [-0.05, 0) is 24.5 Å². The van der Waals surface area contributed by atoms with Crippen molar-refractivity contribution in [3.63, 3.8) is 0 Å². The summed E-state index contributed by atoms with van der Waals surface area (Å²) in [5.41, 5.74) is 2.61. The van der Waals surface area contributed by atoms with E-state index in [-0.39, 0.29) is 0 Å². The molecule has 0 spiro atoms. The van der Waals surface area contributed by atoms with E-state index < -0.39 is 0 Å². The van der Waals surface area contributed by atoms with Gasteiger partial charge in [0.05, 0.1) is 11.9 Å². The van der Waals surface area contributed by atoms with Crippen molar-refractivity contribution >= 4 is 5.69 Å². The Labute approximate surface area is 97.9 Å². The van der Waals surface area contributed by atoms with Crippen molar-refractivity contribution in [3.05, 3.63) is 24.0 Å². The van der Waals surface area contributed by atoms with Crippen LogP contribution in [0.5, 0.6) is 0 Å². The van der Waals surface area contributed by atoms with Gasteiger partial charge in [-0.1, -0.05) is 13.8 Å². The highest BCUT2D eigenvalue weighted by molar-refractivity contribution is 5.51. The largest absolute Gasteiger partial charge is 0.367 e. The minimum atomic E-state index is 0.591. The second-order valence-corrected chi connectivity index (χ2v) is 4.91. The normalized spacial score (nSPS) is 21.5. The fourth-order valence-corrected chi connectivity index (χ4v) is 2.23. The van der Waals surface area contributed by atoms with E-state index in [0.29, 0.717) is 12.0 Å². The van der Waals surface area contributed by atoms with Crippen LogP contribution in [0, 0.1) is 12.8 Å². The molecule has 0 radical (unpaired) electrons. The van der Waals surface area contributed by atoms with Crippen molar-refractivity contribution in [2.75, 3.05) is 24.5 Å². The van der Waals surface area contributed by atoms with Crippen molar-refractivity contribution < 1.29 is 0 Å². The fraction of sp³-hybridized carbons (Fsp3) is 0.615. The molecule has 0 aromatic carbocycles. The number of nitrogens with one attached hydrogen (secondary N) is 1. The van der Waals surface area contributed by atoms with Gasteiger partial charge in [0.25, 0.3) is 0 Å². The molecule has 88 valence electrons. The molecule has 0 aliphatic carbocycles. The molecule has 1 saturated heterocycles. The van der Waals surface area contributed by atoms with Crippen LogP contribution in [0.3, 0.4) is 0 Å². The van der Waals surface area contributed by atoms with Gasteiger partial charge in [0.2, 0.25) is 0 Å². The molecule has 2 rings (SSSR count). The second kappa shape index (κ2) is 4.83. The molecule has 3 heteroatoms. The zero-order valence-electron chi connectivity index (χ0n) is 10.4. The molecule has 2 heterocycles. The van der Waals surface area contributed by atoms with Crippen LogP contribution in [0.25, 0.3) is 0 Å². The van der Waals surface area contributed by atoms with E-state index in [4.69, 9.17) is 0 Å². The lowest BCUT2D eigenvalue weighted by atomic mass is 10.0. The molecule has 0 amide bonds. The van der Waals surface area contributed by atoms with E-state index >= 15 is 0 Å². The van der Waals surface area contributed by atoms with Crippen LogP contribution in [0.1, 0.15) is 19.4 Å². The maximum absolute atomic E-state index is 4.23. The first-order valence-corrected chi connectivity index (χ1v) is 6.07. The van der Waals surface area contributed by atoms with Crippen molar-refractivity contribution in [1.29, 1.82) is 0 Å². The van der Waals surface area contributed by atoms with Gasteiger partial charge in [-0.2, -0.15) is 0 Å². The third-order valence-electron chi connectivity index (χ3n) is 3.36. The van der Waals surface area contributed by atoms with Gasteiger partial charge < -0.3 is 10.2 Å². The number of nitrogens with zero attached hydrogens (tertiary/aromatic N) is 2. The Morgan fingerprint density at radius 2 is 2.31 bits per heavy atom. The summed E-state index contributed by atoms with van der Waals surface area (Å²) >= 11 is 0. The molecule has 16 heavy (non-hydrogen) atoms. The van der Waals surface area contributed by atoms with Crippen LogP contribution in [0.15, 0.2) is 18.5 Å². The van der Waals surface area contributed by atoms with Crippen molar-refractivity contribution in [3.8, 4) is 0 Å². The monoisotopic (exact) mass is 219 g/mol. The Morgan fingerprint density at radius 3 is 3.00 bits per heavy atom. The van der Waals surface area contributed by atoms with Gasteiger partial charge >= 0.3 is 0 Å². The topological polar surface area (TPSA) is 28.2 Å².